The molecule has 2 rings (SSSR count). The normalized spacial score (nSPS) is 35.3. The van der Waals surface area contributed by atoms with Crippen LogP contribution in [-0.2, 0) is 35.7 Å². The maximum absolute atomic E-state index is 12.7. The number of ketones is 1. The Labute approximate surface area is 120 Å². The lowest BCUT2D eigenvalue weighted by atomic mass is 9.96. The van der Waals surface area contributed by atoms with Crippen molar-refractivity contribution in [2.75, 3.05) is 13.2 Å². The molecule has 0 aromatic rings. The smallest absolute Gasteiger partial charge is 0.228 e. The van der Waals surface area contributed by atoms with Crippen LogP contribution < -0.4 is 0 Å². The summed E-state index contributed by atoms with van der Waals surface area (Å²) in [7, 11) is -6.49. The molecule has 0 bridgehead atoms. The molecule has 0 saturated carbocycles. The average Bonchev–Trinajstić information content (AvgIpc) is 2.47. The molecule has 0 N–H and O–H groups in total. The van der Waals surface area contributed by atoms with Gasteiger partial charge in [0.1, 0.15) is 0 Å². The van der Waals surface area contributed by atoms with Crippen LogP contribution >= 0.6 is 0 Å². The zero-order valence-corrected chi connectivity index (χ0v) is 12.7. The Bertz CT molecular complexity index is 461. The highest BCUT2D eigenvalue weighted by molar-refractivity contribution is 7.77. The summed E-state index contributed by atoms with van der Waals surface area (Å²) in [4.78, 5) is 8.55. The first-order valence-corrected chi connectivity index (χ1v) is 8.93. The van der Waals surface area contributed by atoms with Crippen LogP contribution in [0.15, 0.2) is 0 Å². The van der Waals surface area contributed by atoms with Gasteiger partial charge in [0.05, 0.1) is 0 Å². The molecule has 2 aliphatic rings. The van der Waals surface area contributed by atoms with E-state index in [9.17, 15) is 21.6 Å². The molecule has 2 atom stereocenters. The Balaban J connectivity index is 2.44. The van der Waals surface area contributed by atoms with Gasteiger partial charge in [-0.25, -0.2) is 16.8 Å². The van der Waals surface area contributed by atoms with Crippen LogP contribution in [-0.4, -0.2) is 45.7 Å². The van der Waals surface area contributed by atoms with Gasteiger partial charge in [-0.2, -0.15) is 0 Å². The maximum atomic E-state index is 12.7. The predicted octanol–water partition coefficient (Wildman–Crippen LogP) is -0.428. The topological polar surface area (TPSA) is 104 Å². The minimum absolute atomic E-state index is 0.0151. The van der Waals surface area contributed by atoms with Gasteiger partial charge in [-0.05, 0) is 38.5 Å². The van der Waals surface area contributed by atoms with Gasteiger partial charge in [0.2, 0.25) is 15.6 Å². The predicted molar refractivity (Wildman–Crippen MR) is 70.7 cm³/mol. The maximum Gasteiger partial charge on any atom is 0.228 e. The van der Waals surface area contributed by atoms with Gasteiger partial charge in [-0.15, -0.1) is 0 Å². The highest BCUT2D eigenvalue weighted by Crippen LogP contribution is 2.37. The standard InChI is InChI=1S/C11H18O7S2/c12-9(10(19(13)14)5-1-3-7-17-10)11(20(15)16)6-2-4-8-18-11/h19-20H,1-8H2. The number of Topliss-reactive ketones (excluding diaryl/α,β-unsaturated/α-hetero) is 1. The SMILES string of the molecule is O=C(C1([SH](=O)=O)CCCCO1)C1([SH](=O)=O)CCCCO1. The Hall–Kier alpha value is -0.510. The van der Waals surface area contributed by atoms with Gasteiger partial charge in [-0.3, -0.25) is 4.79 Å². The van der Waals surface area contributed by atoms with Crippen molar-refractivity contribution in [2.45, 2.75) is 48.4 Å². The summed E-state index contributed by atoms with van der Waals surface area (Å²) >= 11 is 0. The fourth-order valence-corrected chi connectivity index (χ4v) is 4.53. The zero-order chi connectivity index (χ0) is 14.8. The lowest BCUT2D eigenvalue weighted by Gasteiger charge is -2.38. The zero-order valence-electron chi connectivity index (χ0n) is 10.9. The third-order valence-corrected chi connectivity index (χ3v) is 6.09. The number of hydrogen-bond donors (Lipinski definition) is 2. The summed E-state index contributed by atoms with van der Waals surface area (Å²) in [6, 6.07) is 0. The summed E-state index contributed by atoms with van der Waals surface area (Å²) in [6.45, 7) is 0.252. The first kappa shape index (κ1) is 15.9. The van der Waals surface area contributed by atoms with E-state index in [1.165, 1.54) is 0 Å². The minimum Gasteiger partial charge on any atom is -0.353 e. The van der Waals surface area contributed by atoms with Gasteiger partial charge in [-0.1, -0.05) is 0 Å². The van der Waals surface area contributed by atoms with Gasteiger partial charge < -0.3 is 9.47 Å². The molecule has 2 aliphatic heterocycles. The average molecular weight is 326 g/mol. The van der Waals surface area contributed by atoms with Crippen LogP contribution in [0.2, 0.25) is 0 Å². The molecular weight excluding hydrogens is 308 g/mol. The highest BCUT2D eigenvalue weighted by atomic mass is 32.2. The molecule has 2 fully saturated rings. The van der Waals surface area contributed by atoms with Crippen molar-refractivity contribution in [3.63, 3.8) is 0 Å². The van der Waals surface area contributed by atoms with Gasteiger partial charge >= 0.3 is 0 Å². The molecule has 2 heterocycles. The number of carbonyl (C=O) groups excluding carboxylic acids is 1. The van der Waals surface area contributed by atoms with E-state index in [0.29, 0.717) is 25.7 Å². The molecule has 7 nitrogen and oxygen atoms in total. The van der Waals surface area contributed by atoms with E-state index in [1.54, 1.807) is 0 Å². The van der Waals surface area contributed by atoms with E-state index in [4.69, 9.17) is 9.47 Å². The first-order chi connectivity index (χ1) is 9.46. The highest BCUT2D eigenvalue weighted by Gasteiger charge is 2.58. The molecule has 0 aliphatic carbocycles. The van der Waals surface area contributed by atoms with E-state index >= 15 is 0 Å². The summed E-state index contributed by atoms with van der Waals surface area (Å²) < 4.78 is 56.7. The second-order valence-corrected chi connectivity index (χ2v) is 7.50. The summed E-state index contributed by atoms with van der Waals surface area (Å²) in [5, 5.41) is 0. The van der Waals surface area contributed by atoms with Crippen LogP contribution in [0, 0.1) is 0 Å². The van der Waals surface area contributed by atoms with E-state index in [-0.39, 0.29) is 26.1 Å². The molecule has 0 radical (unpaired) electrons. The largest absolute Gasteiger partial charge is 0.353 e. The third-order valence-electron chi connectivity index (χ3n) is 3.80. The summed E-state index contributed by atoms with van der Waals surface area (Å²) in [5.74, 6) is -0.975. The lowest BCUT2D eigenvalue weighted by Crippen LogP contribution is -2.59. The van der Waals surface area contributed by atoms with E-state index in [0.717, 1.165) is 0 Å². The summed E-state index contributed by atoms with van der Waals surface area (Å²) in [6.07, 6.45) is 2.27. The molecule has 0 aromatic carbocycles. The second-order valence-electron chi connectivity index (χ2n) is 5.02. The van der Waals surface area contributed by atoms with Crippen molar-refractivity contribution in [1.29, 1.82) is 0 Å². The number of ether oxygens (including phenoxy) is 2. The van der Waals surface area contributed by atoms with Gasteiger partial charge in [0.25, 0.3) is 0 Å². The van der Waals surface area contributed by atoms with Crippen LogP contribution in [0.3, 0.4) is 0 Å². The molecule has 0 amide bonds. The van der Waals surface area contributed by atoms with Crippen molar-refractivity contribution in [2.24, 2.45) is 0 Å². The van der Waals surface area contributed by atoms with E-state index in [1.807, 2.05) is 0 Å². The molecule has 2 saturated heterocycles. The van der Waals surface area contributed by atoms with Crippen LogP contribution in [0.25, 0.3) is 0 Å². The first-order valence-electron chi connectivity index (χ1n) is 6.57. The lowest BCUT2D eigenvalue weighted by molar-refractivity contribution is -0.157. The Morgan fingerprint density at radius 1 is 0.750 bits per heavy atom. The molecule has 0 spiro atoms. The van der Waals surface area contributed by atoms with Crippen molar-refractivity contribution in [1.82, 2.24) is 0 Å². The van der Waals surface area contributed by atoms with E-state index in [2.05, 4.69) is 0 Å². The van der Waals surface area contributed by atoms with Crippen molar-refractivity contribution in [3.05, 3.63) is 0 Å². The fraction of sp³-hybridized carbons (Fsp3) is 0.909. The monoisotopic (exact) mass is 326 g/mol. The van der Waals surface area contributed by atoms with E-state index < -0.39 is 37.1 Å². The Kier molecular flexibility index (Phi) is 4.83. The minimum atomic E-state index is -3.24. The Morgan fingerprint density at radius 2 is 1.15 bits per heavy atom. The number of rotatable bonds is 4. The molecule has 116 valence electrons. The fourth-order valence-electron chi connectivity index (χ4n) is 2.68. The number of hydrogen-bond acceptors (Lipinski definition) is 7. The number of carbonyl (C=O) groups is 1. The van der Waals surface area contributed by atoms with Crippen molar-refractivity contribution >= 4 is 27.2 Å². The van der Waals surface area contributed by atoms with Gasteiger partial charge in [0, 0.05) is 13.2 Å². The second kappa shape index (κ2) is 6.08. The van der Waals surface area contributed by atoms with Crippen LogP contribution in [0.5, 0.6) is 0 Å². The quantitative estimate of drug-likeness (QED) is 0.676. The van der Waals surface area contributed by atoms with Crippen LogP contribution in [0.1, 0.15) is 38.5 Å². The molecule has 0 aromatic heterocycles. The summed E-state index contributed by atoms with van der Waals surface area (Å²) in [5.41, 5.74) is 0. The van der Waals surface area contributed by atoms with Crippen molar-refractivity contribution in [3.8, 4) is 0 Å². The third kappa shape index (κ3) is 2.51. The number of thiol groups is 2. The molecular formula is C11H18O7S2. The Morgan fingerprint density at radius 3 is 1.40 bits per heavy atom. The van der Waals surface area contributed by atoms with Gasteiger partial charge in [0.15, 0.2) is 21.4 Å². The van der Waals surface area contributed by atoms with Crippen LogP contribution in [0.4, 0.5) is 0 Å². The molecule has 9 heteroatoms. The molecule has 2 unspecified atom stereocenters. The molecule has 20 heavy (non-hydrogen) atoms. The van der Waals surface area contributed by atoms with Crippen molar-refractivity contribution < 1.29 is 31.1 Å².